The first-order chi connectivity index (χ1) is 15.9. The fourth-order valence-electron chi connectivity index (χ4n) is 3.18. The Balaban J connectivity index is 1.98. The molecule has 1 aromatic heterocycles. The van der Waals surface area contributed by atoms with Crippen molar-refractivity contribution in [2.24, 2.45) is 0 Å². The first kappa shape index (κ1) is 26.6. The first-order valence-electron chi connectivity index (χ1n) is 11.3. The molecule has 9 heteroatoms. The Kier molecular flexibility index (Phi) is 9.41. The molecule has 0 aliphatic rings. The van der Waals surface area contributed by atoms with E-state index >= 15 is 0 Å². The van der Waals surface area contributed by atoms with E-state index in [1.807, 2.05) is 37.3 Å². The number of aromatic nitrogens is 1. The van der Waals surface area contributed by atoms with Crippen LogP contribution in [-0.4, -0.2) is 40.6 Å². The van der Waals surface area contributed by atoms with Crippen molar-refractivity contribution in [1.29, 1.82) is 0 Å². The van der Waals surface area contributed by atoms with Crippen LogP contribution in [0.4, 0.5) is 10.6 Å². The number of rotatable bonds is 9. The third kappa shape index (κ3) is 9.09. The molecule has 2 atom stereocenters. The lowest BCUT2D eigenvalue weighted by atomic mass is 10.0. The van der Waals surface area contributed by atoms with Crippen molar-refractivity contribution in [1.82, 2.24) is 20.9 Å². The highest BCUT2D eigenvalue weighted by molar-refractivity contribution is 5.91. The molecule has 9 nitrogen and oxygen atoms in total. The largest absolute Gasteiger partial charge is 0.444 e. The van der Waals surface area contributed by atoms with Crippen molar-refractivity contribution < 1.29 is 19.1 Å². The Morgan fingerprint density at radius 2 is 1.76 bits per heavy atom. The van der Waals surface area contributed by atoms with E-state index in [2.05, 4.69) is 20.9 Å². The van der Waals surface area contributed by atoms with Crippen LogP contribution in [0.15, 0.2) is 42.6 Å². The number of nitrogens with zero attached hydrogens (tertiary/aromatic N) is 1. The summed E-state index contributed by atoms with van der Waals surface area (Å²) in [7, 11) is 0. The second-order valence-corrected chi connectivity index (χ2v) is 9.21. The number of ether oxygens (including phenoxy) is 1. The third-order valence-corrected chi connectivity index (χ3v) is 5.02. The van der Waals surface area contributed by atoms with Gasteiger partial charge < -0.3 is 26.4 Å². The summed E-state index contributed by atoms with van der Waals surface area (Å²) in [5.74, 6) is -0.411. The summed E-state index contributed by atoms with van der Waals surface area (Å²) >= 11 is 0. The number of benzene rings is 1. The zero-order chi connectivity index (χ0) is 25.3. The molecular weight excluding hydrogens is 434 g/mol. The third-order valence-electron chi connectivity index (χ3n) is 5.02. The lowest BCUT2D eigenvalue weighted by Gasteiger charge is -2.24. The summed E-state index contributed by atoms with van der Waals surface area (Å²) in [6.45, 7) is 8.96. The zero-order valence-corrected chi connectivity index (χ0v) is 20.5. The number of pyridine rings is 1. The molecule has 1 aromatic carbocycles. The summed E-state index contributed by atoms with van der Waals surface area (Å²) in [4.78, 5) is 41.9. The van der Waals surface area contributed by atoms with E-state index in [1.165, 1.54) is 0 Å². The fourth-order valence-corrected chi connectivity index (χ4v) is 3.18. The van der Waals surface area contributed by atoms with E-state index in [0.717, 1.165) is 16.7 Å². The van der Waals surface area contributed by atoms with Gasteiger partial charge in [0, 0.05) is 12.7 Å². The summed E-state index contributed by atoms with van der Waals surface area (Å²) < 4.78 is 5.31. The van der Waals surface area contributed by atoms with Crippen LogP contribution in [-0.2, 0) is 27.3 Å². The van der Waals surface area contributed by atoms with Crippen molar-refractivity contribution in [2.45, 2.75) is 71.7 Å². The predicted molar refractivity (Wildman–Crippen MR) is 131 cm³/mol. The van der Waals surface area contributed by atoms with E-state index in [-0.39, 0.29) is 12.5 Å². The van der Waals surface area contributed by atoms with Gasteiger partial charge in [-0.3, -0.25) is 9.59 Å². The Bertz CT molecular complexity index is 989. The average Bonchev–Trinajstić information content (AvgIpc) is 2.75. The van der Waals surface area contributed by atoms with E-state index < -0.39 is 29.7 Å². The predicted octanol–water partition coefficient (Wildman–Crippen LogP) is 2.62. The highest BCUT2D eigenvalue weighted by Gasteiger charge is 2.26. The standard InChI is InChI=1S/C25H35N5O4/c1-16-13-21(26)27-14-19(16)15-28-22(31)17(2)29-23(32)20(30-24(33)34-25(3,4)5)12-11-18-9-7-6-8-10-18/h6-10,13-14,17,20H,11-12,15H2,1-5H3,(H2,26,27)(H,28,31)(H,29,32)(H,30,33)/t17-,20+/m0/s1. The number of amides is 3. The second-order valence-electron chi connectivity index (χ2n) is 9.21. The van der Waals surface area contributed by atoms with Crippen LogP contribution in [0, 0.1) is 6.92 Å². The SMILES string of the molecule is Cc1cc(N)ncc1CNC(=O)[C@H](C)NC(=O)[C@@H](CCc1ccccc1)NC(=O)OC(C)(C)C. The number of carbonyl (C=O) groups is 3. The van der Waals surface area contributed by atoms with E-state index in [0.29, 0.717) is 18.7 Å². The van der Waals surface area contributed by atoms with Gasteiger partial charge in [0.15, 0.2) is 0 Å². The first-order valence-corrected chi connectivity index (χ1v) is 11.3. The molecule has 2 rings (SSSR count). The smallest absolute Gasteiger partial charge is 0.408 e. The molecule has 0 aliphatic heterocycles. The summed E-state index contributed by atoms with van der Waals surface area (Å²) in [6, 6.07) is 9.69. The summed E-state index contributed by atoms with van der Waals surface area (Å²) in [5, 5.41) is 8.11. The molecule has 0 aliphatic carbocycles. The molecule has 0 saturated heterocycles. The van der Waals surface area contributed by atoms with Crippen LogP contribution in [0.5, 0.6) is 0 Å². The molecule has 0 bridgehead atoms. The van der Waals surface area contributed by atoms with Gasteiger partial charge in [-0.2, -0.15) is 0 Å². The molecule has 0 saturated carbocycles. The van der Waals surface area contributed by atoms with Crippen LogP contribution >= 0.6 is 0 Å². The van der Waals surface area contributed by atoms with Crippen LogP contribution in [0.25, 0.3) is 0 Å². The van der Waals surface area contributed by atoms with E-state index in [1.54, 1.807) is 40.0 Å². The number of alkyl carbamates (subject to hydrolysis) is 1. The molecule has 0 unspecified atom stereocenters. The Morgan fingerprint density at radius 3 is 2.38 bits per heavy atom. The van der Waals surface area contributed by atoms with Gasteiger partial charge in [-0.15, -0.1) is 0 Å². The highest BCUT2D eigenvalue weighted by Crippen LogP contribution is 2.11. The van der Waals surface area contributed by atoms with Gasteiger partial charge in [0.2, 0.25) is 11.8 Å². The number of anilines is 1. The van der Waals surface area contributed by atoms with Crippen LogP contribution in [0.2, 0.25) is 0 Å². The zero-order valence-electron chi connectivity index (χ0n) is 20.5. The van der Waals surface area contributed by atoms with Gasteiger partial charge in [0.05, 0.1) is 0 Å². The molecule has 0 fully saturated rings. The number of aryl methyl sites for hydroxylation is 2. The van der Waals surface area contributed by atoms with Crippen LogP contribution < -0.4 is 21.7 Å². The number of carbonyl (C=O) groups excluding carboxylic acids is 3. The number of hydrogen-bond donors (Lipinski definition) is 4. The van der Waals surface area contributed by atoms with Crippen LogP contribution in [0.1, 0.15) is 50.8 Å². The highest BCUT2D eigenvalue weighted by atomic mass is 16.6. The maximum Gasteiger partial charge on any atom is 0.408 e. The fraction of sp³-hybridized carbons (Fsp3) is 0.440. The van der Waals surface area contributed by atoms with Crippen molar-refractivity contribution in [3.05, 3.63) is 59.3 Å². The molecule has 0 radical (unpaired) electrons. The Morgan fingerprint density at radius 1 is 1.09 bits per heavy atom. The molecular formula is C25H35N5O4. The molecule has 5 N–H and O–H groups in total. The number of nitrogen functional groups attached to an aromatic ring is 1. The topological polar surface area (TPSA) is 135 Å². The van der Waals surface area contributed by atoms with Gasteiger partial charge in [-0.1, -0.05) is 30.3 Å². The lowest BCUT2D eigenvalue weighted by Crippen LogP contribution is -2.53. The van der Waals surface area contributed by atoms with Gasteiger partial charge in [-0.05, 0) is 70.2 Å². The lowest BCUT2D eigenvalue weighted by molar-refractivity contribution is -0.129. The van der Waals surface area contributed by atoms with Crippen molar-refractivity contribution in [2.75, 3.05) is 5.73 Å². The molecule has 0 spiro atoms. The maximum absolute atomic E-state index is 13.0. The Labute approximate surface area is 200 Å². The van der Waals surface area contributed by atoms with Gasteiger partial charge in [-0.25, -0.2) is 9.78 Å². The quantitative estimate of drug-likeness (QED) is 0.446. The molecule has 184 valence electrons. The minimum absolute atomic E-state index is 0.256. The minimum Gasteiger partial charge on any atom is -0.444 e. The normalized spacial score (nSPS) is 12.9. The Hall–Kier alpha value is -3.62. The summed E-state index contributed by atoms with van der Waals surface area (Å²) in [5.41, 5.74) is 7.73. The maximum atomic E-state index is 13.0. The number of nitrogens with one attached hydrogen (secondary N) is 3. The van der Waals surface area contributed by atoms with Crippen molar-refractivity contribution >= 4 is 23.7 Å². The van der Waals surface area contributed by atoms with Crippen molar-refractivity contribution in [3.63, 3.8) is 0 Å². The average molecular weight is 470 g/mol. The number of hydrogen-bond acceptors (Lipinski definition) is 6. The number of nitrogens with two attached hydrogens (primary N) is 1. The molecule has 1 heterocycles. The van der Waals surface area contributed by atoms with Gasteiger partial charge in [0.25, 0.3) is 0 Å². The molecule has 3 amide bonds. The minimum atomic E-state index is -0.867. The summed E-state index contributed by atoms with van der Waals surface area (Å²) in [6.07, 6.45) is 1.83. The van der Waals surface area contributed by atoms with Crippen LogP contribution in [0.3, 0.4) is 0 Å². The van der Waals surface area contributed by atoms with Gasteiger partial charge in [0.1, 0.15) is 23.5 Å². The molecule has 2 aromatic rings. The van der Waals surface area contributed by atoms with Crippen molar-refractivity contribution in [3.8, 4) is 0 Å². The monoisotopic (exact) mass is 469 g/mol. The van der Waals surface area contributed by atoms with E-state index in [9.17, 15) is 14.4 Å². The molecule has 34 heavy (non-hydrogen) atoms. The van der Waals surface area contributed by atoms with Gasteiger partial charge >= 0.3 is 6.09 Å². The second kappa shape index (κ2) is 12.0. The van der Waals surface area contributed by atoms with E-state index in [4.69, 9.17) is 10.5 Å².